The lowest BCUT2D eigenvalue weighted by Crippen LogP contribution is -2.37. The van der Waals surface area contributed by atoms with Crippen molar-refractivity contribution in [2.75, 3.05) is 47.5 Å². The van der Waals surface area contributed by atoms with E-state index in [-0.39, 0.29) is 26.1 Å². The van der Waals surface area contributed by atoms with E-state index in [4.69, 9.17) is 18.5 Å². The molecule has 0 spiro atoms. The summed E-state index contributed by atoms with van der Waals surface area (Å²) in [6.07, 6.45) is 80.3. The van der Waals surface area contributed by atoms with Crippen LogP contribution < -0.4 is 0 Å². The summed E-state index contributed by atoms with van der Waals surface area (Å²) < 4.78 is 34.4. The number of esters is 2. The third kappa shape index (κ3) is 56.9. The molecule has 0 aromatic rings. The van der Waals surface area contributed by atoms with Gasteiger partial charge in [-0.25, -0.2) is 4.57 Å². The molecule has 0 aliphatic heterocycles. The van der Waals surface area contributed by atoms with E-state index < -0.39 is 32.5 Å². The number of rotatable bonds is 49. The van der Waals surface area contributed by atoms with Gasteiger partial charge < -0.3 is 18.9 Å². The smallest absolute Gasteiger partial charge is 0.462 e. The van der Waals surface area contributed by atoms with Crippen molar-refractivity contribution in [1.29, 1.82) is 0 Å². The van der Waals surface area contributed by atoms with Gasteiger partial charge in [-0.3, -0.25) is 18.6 Å². The SMILES string of the molecule is CC/C=C\C/C=C\C/C=C\C/C=C\C/C=C\C/C=C\C/C=C\C/C=C\C/C=C\C/C=C\CCCCCCC(=O)OC(COC(=O)CCCCCCC/C=C\C/C=C\C/C=C\CC)COP(=O)(O)OCC[N+](C)(C)C. The number of unbranched alkanes of at least 4 members (excludes halogenated alkanes) is 9. The first-order valence-corrected chi connectivity index (χ1v) is 29.7. The maximum Gasteiger partial charge on any atom is 0.472 e. The van der Waals surface area contributed by atoms with Crippen LogP contribution in [0.25, 0.3) is 0 Å². The van der Waals surface area contributed by atoms with E-state index in [0.29, 0.717) is 23.9 Å². The largest absolute Gasteiger partial charge is 0.472 e. The number of hydrogen-bond donors (Lipinski definition) is 1. The Morgan fingerprint density at radius 3 is 1.08 bits per heavy atom. The third-order valence-electron chi connectivity index (χ3n) is 11.1. The molecule has 0 saturated heterocycles. The first kappa shape index (κ1) is 69.6. The van der Waals surface area contributed by atoms with Gasteiger partial charge in [-0.15, -0.1) is 0 Å². The fourth-order valence-corrected chi connectivity index (χ4v) is 7.50. The molecule has 2 atom stereocenters. The zero-order chi connectivity index (χ0) is 54.2. The minimum absolute atomic E-state index is 0.0138. The average Bonchev–Trinajstić information content (AvgIpc) is 3.36. The summed E-state index contributed by atoms with van der Waals surface area (Å²) in [5.41, 5.74) is 0. The predicted octanol–water partition coefficient (Wildman–Crippen LogP) is 17.7. The highest BCUT2D eigenvalue weighted by molar-refractivity contribution is 7.47. The Bertz CT molecular complexity index is 1800. The Hall–Kier alpha value is -4.37. The maximum absolute atomic E-state index is 12.8. The number of phosphoric ester groups is 1. The van der Waals surface area contributed by atoms with Crippen LogP contribution in [0, 0.1) is 0 Å². The Balaban J connectivity index is 4.27. The monoisotopic (exact) mass is 1040 g/mol. The molecule has 10 heteroatoms. The number of carbonyl (C=O) groups excluding carboxylic acids is 2. The number of nitrogens with zero attached hydrogens (tertiary/aromatic N) is 1. The summed E-state index contributed by atoms with van der Waals surface area (Å²) in [6.45, 7) is 4.12. The highest BCUT2D eigenvalue weighted by Crippen LogP contribution is 2.43. The number of carbonyl (C=O) groups is 2. The van der Waals surface area contributed by atoms with Crippen molar-refractivity contribution < 1.29 is 42.1 Å². The standard InChI is InChI=1S/C64H102NO8P/c1-6-8-10-12-14-16-18-20-22-23-24-25-26-27-28-29-30-31-32-33-34-35-36-37-38-39-40-41-43-45-47-49-51-53-55-57-64(67)73-62(61-72-74(68,69)71-59-58-65(3,4)5)60-70-63(66)56-54-52-50-48-46-44-42-21-19-17-15-13-11-9-7-2/h8-11,14-17,20-22,24-25,27-28,30-31,33-34,36-37,39-40,42-43,45,62H,6-7,12-13,18-19,23,26,29,32,35,38,41,44,46-61H2,1-5H3/p+1/b10-8-,11-9-,16-14-,17-15-,22-20-,25-24-,28-27-,31-30-,34-33-,37-36-,40-39-,42-21-,45-43-. The van der Waals surface area contributed by atoms with E-state index in [1.807, 2.05) is 21.1 Å². The molecular formula is C64H103NO8P+. The van der Waals surface area contributed by atoms with Gasteiger partial charge in [0.2, 0.25) is 0 Å². The number of quaternary nitrogens is 1. The van der Waals surface area contributed by atoms with Crippen LogP contribution in [0.2, 0.25) is 0 Å². The fraction of sp³-hybridized carbons (Fsp3) is 0.562. The lowest BCUT2D eigenvalue weighted by molar-refractivity contribution is -0.870. The minimum atomic E-state index is -4.41. The first-order valence-electron chi connectivity index (χ1n) is 28.2. The summed E-state index contributed by atoms with van der Waals surface area (Å²) in [4.78, 5) is 35.6. The molecule has 9 nitrogen and oxygen atoms in total. The van der Waals surface area contributed by atoms with Gasteiger partial charge in [-0.1, -0.05) is 204 Å². The Morgan fingerprint density at radius 2 is 0.730 bits per heavy atom. The molecule has 74 heavy (non-hydrogen) atoms. The predicted molar refractivity (Wildman–Crippen MR) is 316 cm³/mol. The minimum Gasteiger partial charge on any atom is -0.462 e. The second-order valence-electron chi connectivity index (χ2n) is 19.2. The number of likely N-dealkylation sites (N-methyl/N-ethyl adjacent to an activating group) is 1. The lowest BCUT2D eigenvalue weighted by Gasteiger charge is -2.24. The van der Waals surface area contributed by atoms with Crippen LogP contribution >= 0.6 is 7.82 Å². The molecule has 0 aliphatic carbocycles. The zero-order valence-corrected chi connectivity index (χ0v) is 47.9. The Labute approximate surface area is 452 Å². The van der Waals surface area contributed by atoms with Gasteiger partial charge in [-0.2, -0.15) is 0 Å². The van der Waals surface area contributed by atoms with Crippen LogP contribution in [0.3, 0.4) is 0 Å². The molecule has 0 aromatic heterocycles. The van der Waals surface area contributed by atoms with E-state index in [9.17, 15) is 19.0 Å². The molecular weight excluding hydrogens is 942 g/mol. The van der Waals surface area contributed by atoms with Crippen molar-refractivity contribution in [3.05, 3.63) is 158 Å². The van der Waals surface area contributed by atoms with E-state index in [0.717, 1.165) is 141 Å². The summed E-state index contributed by atoms with van der Waals surface area (Å²) in [7, 11) is 1.42. The summed E-state index contributed by atoms with van der Waals surface area (Å²) in [6, 6.07) is 0. The van der Waals surface area contributed by atoms with E-state index in [1.165, 1.54) is 0 Å². The molecule has 2 unspecified atom stereocenters. The van der Waals surface area contributed by atoms with Crippen molar-refractivity contribution in [3.63, 3.8) is 0 Å². The highest BCUT2D eigenvalue weighted by Gasteiger charge is 2.27. The fourth-order valence-electron chi connectivity index (χ4n) is 6.76. The van der Waals surface area contributed by atoms with Crippen LogP contribution in [0.5, 0.6) is 0 Å². The molecule has 0 saturated carbocycles. The second-order valence-corrected chi connectivity index (χ2v) is 20.7. The lowest BCUT2D eigenvalue weighted by atomic mass is 10.1. The van der Waals surface area contributed by atoms with Crippen molar-refractivity contribution in [1.82, 2.24) is 0 Å². The second kappa shape index (κ2) is 53.5. The topological polar surface area (TPSA) is 108 Å². The molecule has 0 fully saturated rings. The van der Waals surface area contributed by atoms with Gasteiger partial charge in [0.15, 0.2) is 6.10 Å². The highest BCUT2D eigenvalue weighted by atomic mass is 31.2. The van der Waals surface area contributed by atoms with Gasteiger partial charge >= 0.3 is 19.8 Å². The molecule has 416 valence electrons. The summed E-state index contributed by atoms with van der Waals surface area (Å²) in [5, 5.41) is 0. The van der Waals surface area contributed by atoms with E-state index >= 15 is 0 Å². The van der Waals surface area contributed by atoms with E-state index in [2.05, 4.69) is 172 Å². The molecule has 1 N–H and O–H groups in total. The molecule has 0 heterocycles. The van der Waals surface area contributed by atoms with Gasteiger partial charge in [0.1, 0.15) is 19.8 Å². The van der Waals surface area contributed by atoms with Crippen molar-refractivity contribution >= 4 is 19.8 Å². The van der Waals surface area contributed by atoms with Gasteiger partial charge in [0.25, 0.3) is 0 Å². The molecule has 0 radical (unpaired) electrons. The molecule has 0 aliphatic rings. The third-order valence-corrected chi connectivity index (χ3v) is 12.0. The van der Waals surface area contributed by atoms with Crippen LogP contribution in [-0.4, -0.2) is 74.9 Å². The number of allylic oxidation sites excluding steroid dienone is 26. The summed E-state index contributed by atoms with van der Waals surface area (Å²) >= 11 is 0. The maximum atomic E-state index is 12.8. The first-order chi connectivity index (χ1) is 36.0. The van der Waals surface area contributed by atoms with Crippen molar-refractivity contribution in [2.45, 2.75) is 187 Å². The van der Waals surface area contributed by atoms with Crippen LogP contribution in [0.1, 0.15) is 181 Å². The van der Waals surface area contributed by atoms with E-state index in [1.54, 1.807) is 0 Å². The average molecular weight is 1050 g/mol. The van der Waals surface area contributed by atoms with Gasteiger partial charge in [0.05, 0.1) is 27.7 Å². The Morgan fingerprint density at radius 1 is 0.419 bits per heavy atom. The zero-order valence-electron chi connectivity index (χ0n) is 47.0. The number of phosphoric acid groups is 1. The quantitative estimate of drug-likeness (QED) is 0.0211. The summed E-state index contributed by atoms with van der Waals surface area (Å²) in [5.74, 6) is -0.863. The van der Waals surface area contributed by atoms with Crippen LogP contribution in [-0.2, 0) is 32.7 Å². The van der Waals surface area contributed by atoms with Crippen molar-refractivity contribution in [2.24, 2.45) is 0 Å². The molecule has 0 rings (SSSR count). The molecule has 0 bridgehead atoms. The van der Waals surface area contributed by atoms with Crippen LogP contribution in [0.15, 0.2) is 158 Å². The molecule has 0 aromatic carbocycles. The molecule has 0 amide bonds. The van der Waals surface area contributed by atoms with Gasteiger partial charge in [-0.05, 0) is 122 Å². The van der Waals surface area contributed by atoms with Crippen molar-refractivity contribution in [3.8, 4) is 0 Å². The van der Waals surface area contributed by atoms with Gasteiger partial charge in [0, 0.05) is 12.8 Å². The number of ether oxygens (including phenoxy) is 2. The number of hydrogen-bond acceptors (Lipinski definition) is 7. The van der Waals surface area contributed by atoms with Crippen LogP contribution in [0.4, 0.5) is 0 Å². The Kier molecular flexibility index (Phi) is 50.3. The normalized spacial score (nSPS) is 14.5.